The van der Waals surface area contributed by atoms with Crippen molar-refractivity contribution in [3.05, 3.63) is 84.1 Å². The Kier molecular flexibility index (Phi) is 28.3. The van der Waals surface area contributed by atoms with Crippen LogP contribution in [-0.2, 0) is 72.1 Å². The van der Waals surface area contributed by atoms with Gasteiger partial charge in [-0.1, -0.05) is 78.8 Å². The second-order valence-electron chi connectivity index (χ2n) is 21.6. The van der Waals surface area contributed by atoms with Crippen LogP contribution in [0.2, 0.25) is 0 Å². The van der Waals surface area contributed by atoms with Crippen LogP contribution < -0.4 is 64.2 Å². The van der Waals surface area contributed by atoms with E-state index in [0.717, 1.165) is 29.3 Å². The summed E-state index contributed by atoms with van der Waals surface area (Å²) in [5.41, 5.74) is 8.79. The topological polar surface area (TPSA) is 383 Å². The van der Waals surface area contributed by atoms with Crippen molar-refractivity contribution in [3.63, 3.8) is 0 Å². The largest absolute Gasteiger partial charge is 0.362 e. The van der Waals surface area contributed by atoms with Crippen molar-refractivity contribution in [1.82, 2.24) is 68.1 Å². The third kappa shape index (κ3) is 24.8. The van der Waals surface area contributed by atoms with Gasteiger partial charge in [-0.05, 0) is 66.8 Å². The molecule has 0 aliphatic carbocycles. The highest BCUT2D eigenvalue weighted by molar-refractivity contribution is 5.97. The third-order valence-electron chi connectivity index (χ3n) is 12.9. The lowest BCUT2D eigenvalue weighted by molar-refractivity contribution is -0.134. The van der Waals surface area contributed by atoms with Gasteiger partial charge < -0.3 is 78.9 Å². The average Bonchev–Trinajstić information content (AvgIpc) is 4.21. The number of nitrogens with two attached hydrogens (primary N) is 1. The van der Waals surface area contributed by atoms with Crippen LogP contribution in [0, 0.1) is 23.7 Å². The number of carbonyl (C=O) groups is 10. The Bertz CT molecular complexity index is 2760. The van der Waals surface area contributed by atoms with E-state index in [1.807, 2.05) is 31.2 Å². The Morgan fingerprint density at radius 2 is 1.22 bits per heavy atom. The zero-order valence-electron chi connectivity index (χ0n) is 48.8. The molecule has 0 spiro atoms. The predicted molar refractivity (Wildman–Crippen MR) is 311 cm³/mol. The van der Waals surface area contributed by atoms with E-state index in [1.165, 1.54) is 13.3 Å². The maximum Gasteiger partial charge on any atom is 0.250 e. The van der Waals surface area contributed by atoms with Crippen molar-refractivity contribution in [1.29, 1.82) is 0 Å². The Hall–Kier alpha value is -8.23. The number of anilines is 1. The molecule has 15 N–H and O–H groups in total. The molecule has 83 heavy (non-hydrogen) atoms. The summed E-state index contributed by atoms with van der Waals surface area (Å²) >= 11 is 0. The molecule has 2 unspecified atom stereocenters. The molecule has 0 radical (unpaired) electrons. The molecule has 10 amide bonds. The molecule has 4 aromatic rings. The second kappa shape index (κ2) is 34.9. The van der Waals surface area contributed by atoms with Crippen LogP contribution in [0.3, 0.4) is 0 Å². The lowest BCUT2D eigenvalue weighted by atomic mass is 9.95. The SMILES string of the molecule is CC(C)CC(CC(C)C)NC(=O)[C@H](Cc1cnc[nH]1)NC(=O)CNC(=O)C(NC(=O)[C@H](C)NC(=O)[C@H](Cc1c[nH]c2ccccc12)NC(=O)CNC(=O)CNC(=O)COCC(=O)Nc1ccc(CNC(=O)C(C)CNCCN)cc1)C(C)C. The lowest BCUT2D eigenvalue weighted by Crippen LogP contribution is -2.58. The number of ether oxygens (including phenoxy) is 1. The molecule has 0 saturated heterocycles. The number of hydrogen-bond donors (Lipinski definition) is 14. The van der Waals surface area contributed by atoms with E-state index in [9.17, 15) is 47.9 Å². The van der Waals surface area contributed by atoms with E-state index < -0.39 is 110 Å². The fourth-order valence-corrected chi connectivity index (χ4v) is 8.66. The number of benzene rings is 2. The number of H-pyrrole nitrogens is 2. The molecule has 4 rings (SSSR count). The van der Waals surface area contributed by atoms with Gasteiger partial charge >= 0.3 is 0 Å². The van der Waals surface area contributed by atoms with Crippen LogP contribution in [0.5, 0.6) is 0 Å². The summed E-state index contributed by atoms with van der Waals surface area (Å²) in [7, 11) is 0. The first kappa shape index (κ1) is 67.3. The maximum absolute atomic E-state index is 13.9. The van der Waals surface area contributed by atoms with E-state index in [1.54, 1.807) is 50.5 Å². The Morgan fingerprint density at radius 3 is 1.86 bits per heavy atom. The van der Waals surface area contributed by atoms with Crippen molar-refractivity contribution in [2.75, 3.05) is 57.8 Å². The molecule has 2 heterocycles. The number of imidazole rings is 1. The number of aromatic nitrogens is 3. The van der Waals surface area contributed by atoms with E-state index in [4.69, 9.17) is 10.5 Å². The number of para-hydroxylation sites is 1. The molecule has 5 atom stereocenters. The summed E-state index contributed by atoms with van der Waals surface area (Å²) in [6, 6.07) is 9.31. The van der Waals surface area contributed by atoms with Crippen LogP contribution in [0.25, 0.3) is 10.9 Å². The minimum atomic E-state index is -1.27. The van der Waals surface area contributed by atoms with Crippen molar-refractivity contribution < 1.29 is 52.7 Å². The molecule has 0 saturated carbocycles. The molecule has 0 aliphatic rings. The number of amides is 10. The smallest absolute Gasteiger partial charge is 0.250 e. The monoisotopic (exact) mass is 1160 g/mol. The summed E-state index contributed by atoms with van der Waals surface area (Å²) in [6.07, 6.45) is 6.27. The Labute approximate surface area is 484 Å². The van der Waals surface area contributed by atoms with Gasteiger partial charge in [-0.2, -0.15) is 0 Å². The van der Waals surface area contributed by atoms with Gasteiger partial charge in [0.25, 0.3) is 0 Å². The number of nitrogens with zero attached hydrogens (tertiary/aromatic N) is 1. The zero-order chi connectivity index (χ0) is 61.0. The van der Waals surface area contributed by atoms with Crippen LogP contribution in [0.15, 0.2) is 67.3 Å². The number of nitrogens with one attached hydrogen (secondary N) is 13. The first-order chi connectivity index (χ1) is 39.5. The predicted octanol–water partition coefficient (Wildman–Crippen LogP) is -0.327. The first-order valence-electron chi connectivity index (χ1n) is 28.0. The van der Waals surface area contributed by atoms with Crippen molar-refractivity contribution in [2.45, 2.75) is 118 Å². The summed E-state index contributed by atoms with van der Waals surface area (Å²) in [5.74, 6) is -6.21. The van der Waals surface area contributed by atoms with Gasteiger partial charge in [0, 0.05) is 85.7 Å². The molecule has 2 aromatic heterocycles. The summed E-state index contributed by atoms with van der Waals surface area (Å²) < 4.78 is 5.20. The van der Waals surface area contributed by atoms with Gasteiger partial charge in [0.1, 0.15) is 37.4 Å². The van der Waals surface area contributed by atoms with Crippen LogP contribution >= 0.6 is 0 Å². The fraction of sp³-hybridized carbons (Fsp3) is 0.526. The fourth-order valence-electron chi connectivity index (χ4n) is 8.66. The number of fused-ring (bicyclic) bond motifs is 1. The van der Waals surface area contributed by atoms with Crippen LogP contribution in [0.1, 0.15) is 85.1 Å². The number of carbonyl (C=O) groups excluding carboxylic acids is 10. The third-order valence-corrected chi connectivity index (χ3v) is 12.9. The normalized spacial score (nSPS) is 13.1. The van der Waals surface area contributed by atoms with Gasteiger partial charge in [-0.25, -0.2) is 4.98 Å². The van der Waals surface area contributed by atoms with Gasteiger partial charge in [-0.15, -0.1) is 0 Å². The molecule has 26 heteroatoms. The molecular weight excluding hydrogens is 1070 g/mol. The van der Waals surface area contributed by atoms with Gasteiger partial charge in [-0.3, -0.25) is 47.9 Å². The summed E-state index contributed by atoms with van der Waals surface area (Å²) in [5, 5.41) is 30.3. The van der Waals surface area contributed by atoms with Gasteiger partial charge in [0.05, 0.1) is 26.0 Å². The molecule has 26 nitrogen and oxygen atoms in total. The summed E-state index contributed by atoms with van der Waals surface area (Å²) in [6.45, 7) is 14.1. The van der Waals surface area contributed by atoms with Gasteiger partial charge in [0.2, 0.25) is 59.1 Å². The maximum atomic E-state index is 13.9. The molecule has 2 aromatic carbocycles. The van der Waals surface area contributed by atoms with Gasteiger partial charge in [0.15, 0.2) is 0 Å². The number of hydrogen-bond acceptors (Lipinski definition) is 14. The van der Waals surface area contributed by atoms with Crippen molar-refractivity contribution >= 4 is 75.7 Å². The van der Waals surface area contributed by atoms with Crippen molar-refractivity contribution in [2.24, 2.45) is 29.4 Å². The van der Waals surface area contributed by atoms with E-state index in [2.05, 4.69) is 101 Å². The summed E-state index contributed by atoms with van der Waals surface area (Å²) in [4.78, 5) is 141. The second-order valence-corrected chi connectivity index (χ2v) is 21.6. The van der Waals surface area contributed by atoms with Crippen LogP contribution in [-0.4, -0.2) is 157 Å². The number of aromatic amines is 2. The first-order valence-corrected chi connectivity index (χ1v) is 28.0. The highest BCUT2D eigenvalue weighted by Crippen LogP contribution is 2.20. The molecule has 0 aliphatic heterocycles. The molecular formula is C57H85N15O11. The molecule has 0 bridgehead atoms. The minimum absolute atomic E-state index is 0.0420. The number of rotatable bonds is 36. The quantitative estimate of drug-likeness (QED) is 0.0260. The Morgan fingerprint density at radius 1 is 0.602 bits per heavy atom. The van der Waals surface area contributed by atoms with Crippen LogP contribution in [0.4, 0.5) is 5.69 Å². The minimum Gasteiger partial charge on any atom is -0.362 e. The molecule has 454 valence electrons. The van der Waals surface area contributed by atoms with E-state index >= 15 is 0 Å². The zero-order valence-corrected chi connectivity index (χ0v) is 48.8. The average molecular weight is 1160 g/mol. The van der Waals surface area contributed by atoms with E-state index in [0.29, 0.717) is 55.0 Å². The highest BCUT2D eigenvalue weighted by atomic mass is 16.5. The Balaban J connectivity index is 1.25. The van der Waals surface area contributed by atoms with Crippen molar-refractivity contribution in [3.8, 4) is 0 Å². The molecule has 0 fully saturated rings. The lowest BCUT2D eigenvalue weighted by Gasteiger charge is -2.26. The standard InChI is InChI=1S/C57H85N15O11/c1-33(2)19-41(20-34(3)4)69-56(81)46(22-42-26-60-32-66-42)71-49(75)29-65-57(82)52(35(5)6)72-54(79)37(8)67-55(80)45(21-39-25-61-44-12-10-9-11-43(39)44)70-48(74)28-62-47(73)27-63-50(76)30-83-31-51(77)68-40-15-13-38(14-16-40)24-64-53(78)36(7)23-59-18-17-58/h9-16,25-26,32-37,41,45-46,52,59,61H,17-24,27-31,58H2,1-8H3,(H,60,66)(H,62,73)(H,63,76)(H,64,78)(H,65,82)(H,67,80)(H,68,77)(H,69,81)(H,70,74)(H,71,75)(H,72,79)/t36?,37-,45-,46-,52?/m0/s1. The highest BCUT2D eigenvalue weighted by Gasteiger charge is 2.31. The van der Waals surface area contributed by atoms with E-state index in [-0.39, 0.29) is 36.6 Å².